The number of nitrogens with zero attached hydrogens (tertiary/aromatic N) is 1. The second kappa shape index (κ2) is 3.94. The van der Waals surface area contributed by atoms with E-state index in [9.17, 15) is 4.79 Å². The molecule has 0 aromatic carbocycles. The van der Waals surface area contributed by atoms with E-state index in [2.05, 4.69) is 4.98 Å². The number of aromatic carboxylic acids is 1. The van der Waals surface area contributed by atoms with Gasteiger partial charge in [0.1, 0.15) is 16.5 Å². The largest absolute Gasteiger partial charge is 0.478 e. The summed E-state index contributed by atoms with van der Waals surface area (Å²) in [5.41, 5.74) is 6.86. The van der Waals surface area contributed by atoms with E-state index in [4.69, 9.17) is 22.4 Å². The van der Waals surface area contributed by atoms with Crippen molar-refractivity contribution in [2.75, 3.05) is 5.73 Å². The number of hydrogen-bond donors (Lipinski definition) is 2. The molecule has 0 unspecified atom stereocenters. The zero-order valence-electron chi connectivity index (χ0n) is 9.76. The molecule has 0 saturated heterocycles. The van der Waals surface area contributed by atoms with Gasteiger partial charge in [0.25, 0.3) is 0 Å². The summed E-state index contributed by atoms with van der Waals surface area (Å²) in [6, 6.07) is 0. The lowest BCUT2D eigenvalue weighted by molar-refractivity contribution is 0.0695. The lowest BCUT2D eigenvalue weighted by atomic mass is 9.83. The molecule has 0 radical (unpaired) electrons. The van der Waals surface area contributed by atoms with E-state index in [1.54, 1.807) is 6.92 Å². The first kappa shape index (κ1) is 12.8. The van der Waals surface area contributed by atoms with Crippen molar-refractivity contribution < 1.29 is 9.90 Å². The number of nitrogen functional groups attached to an aromatic ring is 1. The molecule has 0 saturated carbocycles. The van der Waals surface area contributed by atoms with Gasteiger partial charge in [0, 0.05) is 5.56 Å². The summed E-state index contributed by atoms with van der Waals surface area (Å²) in [5.74, 6) is -0.791. The Hall–Kier alpha value is -1.29. The fourth-order valence-electron chi connectivity index (χ4n) is 1.88. The molecule has 0 aliphatic rings. The number of pyridine rings is 1. The predicted octanol–water partition coefficient (Wildman–Crippen LogP) is 2.62. The highest BCUT2D eigenvalue weighted by Gasteiger charge is 2.26. The number of aromatic nitrogens is 1. The molecule has 1 heterocycles. The third kappa shape index (κ3) is 2.11. The van der Waals surface area contributed by atoms with Crippen LogP contribution in [0.3, 0.4) is 0 Å². The Morgan fingerprint density at radius 3 is 2.31 bits per heavy atom. The van der Waals surface area contributed by atoms with Crippen molar-refractivity contribution in [3.05, 3.63) is 21.8 Å². The van der Waals surface area contributed by atoms with E-state index >= 15 is 0 Å². The number of rotatable bonds is 1. The van der Waals surface area contributed by atoms with Crippen LogP contribution in [0.15, 0.2) is 0 Å². The number of halogens is 1. The van der Waals surface area contributed by atoms with Gasteiger partial charge in [-0.2, -0.15) is 0 Å². The molecule has 1 rings (SSSR count). The van der Waals surface area contributed by atoms with Crippen LogP contribution in [0.5, 0.6) is 0 Å². The molecule has 4 nitrogen and oxygen atoms in total. The van der Waals surface area contributed by atoms with E-state index in [0.29, 0.717) is 11.4 Å². The van der Waals surface area contributed by atoms with Crippen molar-refractivity contribution in [2.45, 2.75) is 33.1 Å². The third-order valence-electron chi connectivity index (χ3n) is 2.39. The molecule has 0 fully saturated rings. The molecule has 0 aliphatic heterocycles. The highest BCUT2D eigenvalue weighted by Crippen LogP contribution is 2.34. The maximum atomic E-state index is 11.1. The Bertz CT molecular complexity index is 450. The number of carbonyl (C=O) groups is 1. The molecule has 5 heteroatoms. The molecule has 88 valence electrons. The highest BCUT2D eigenvalue weighted by molar-refractivity contribution is 6.32. The molecule has 0 spiro atoms. The van der Waals surface area contributed by atoms with Gasteiger partial charge in [-0.1, -0.05) is 32.4 Å². The van der Waals surface area contributed by atoms with E-state index in [1.165, 1.54) is 0 Å². The second-order valence-electron chi connectivity index (χ2n) is 4.72. The van der Waals surface area contributed by atoms with Crippen LogP contribution >= 0.6 is 11.6 Å². The van der Waals surface area contributed by atoms with Gasteiger partial charge in [-0.25, -0.2) is 9.78 Å². The van der Waals surface area contributed by atoms with Crippen molar-refractivity contribution in [3.8, 4) is 0 Å². The van der Waals surface area contributed by atoms with Crippen LogP contribution in [0.4, 0.5) is 5.82 Å². The van der Waals surface area contributed by atoms with Gasteiger partial charge in [-0.15, -0.1) is 0 Å². The van der Waals surface area contributed by atoms with E-state index in [-0.39, 0.29) is 16.1 Å². The van der Waals surface area contributed by atoms with Gasteiger partial charge in [0.2, 0.25) is 0 Å². The zero-order chi connectivity index (χ0) is 12.7. The van der Waals surface area contributed by atoms with Crippen molar-refractivity contribution in [1.29, 1.82) is 0 Å². The Balaban J connectivity index is 3.65. The molecule has 1 aromatic rings. The molecule has 0 aliphatic carbocycles. The summed E-state index contributed by atoms with van der Waals surface area (Å²) in [7, 11) is 0. The SMILES string of the molecule is Cc1c(C(=O)O)c(Cl)nc(N)c1C(C)(C)C. The molecule has 0 bridgehead atoms. The monoisotopic (exact) mass is 242 g/mol. The summed E-state index contributed by atoms with van der Waals surface area (Å²) >= 11 is 5.78. The van der Waals surface area contributed by atoms with E-state index in [0.717, 1.165) is 5.56 Å². The van der Waals surface area contributed by atoms with Gasteiger partial charge < -0.3 is 10.8 Å². The first-order chi connectivity index (χ1) is 7.16. The summed E-state index contributed by atoms with van der Waals surface area (Å²) < 4.78 is 0. The summed E-state index contributed by atoms with van der Waals surface area (Å²) in [6.07, 6.45) is 0. The fourth-order valence-corrected chi connectivity index (χ4v) is 2.20. The minimum atomic E-state index is -1.08. The molecule has 3 N–H and O–H groups in total. The van der Waals surface area contributed by atoms with Gasteiger partial charge in [-0.3, -0.25) is 0 Å². The number of anilines is 1. The topological polar surface area (TPSA) is 76.2 Å². The summed E-state index contributed by atoms with van der Waals surface area (Å²) in [4.78, 5) is 15.0. The number of nitrogens with two attached hydrogens (primary N) is 1. The van der Waals surface area contributed by atoms with Crippen LogP contribution in [0.1, 0.15) is 42.3 Å². The standard InChI is InChI=1S/C11H15ClN2O2/c1-5-6(10(15)16)8(12)14-9(13)7(5)11(2,3)4/h1-4H3,(H2,13,14)(H,15,16). The van der Waals surface area contributed by atoms with Crippen LogP contribution in [0, 0.1) is 6.92 Å². The number of carboxylic acids is 1. The van der Waals surface area contributed by atoms with Crippen molar-refractivity contribution >= 4 is 23.4 Å². The number of carboxylic acid groups (broad SMARTS) is 1. The van der Waals surface area contributed by atoms with E-state index in [1.807, 2.05) is 20.8 Å². The normalized spacial score (nSPS) is 11.6. The van der Waals surface area contributed by atoms with Crippen LogP contribution in [0.2, 0.25) is 5.15 Å². The first-order valence-corrected chi connectivity index (χ1v) is 5.23. The Labute approximate surface area is 99.4 Å². The smallest absolute Gasteiger partial charge is 0.339 e. The average Bonchev–Trinajstić information content (AvgIpc) is 1.97. The quantitative estimate of drug-likeness (QED) is 0.743. The fraction of sp³-hybridized carbons (Fsp3) is 0.455. The molecular formula is C11H15ClN2O2. The van der Waals surface area contributed by atoms with Gasteiger partial charge >= 0.3 is 5.97 Å². The predicted molar refractivity (Wildman–Crippen MR) is 64.1 cm³/mol. The van der Waals surface area contributed by atoms with Crippen LogP contribution < -0.4 is 5.73 Å². The Kier molecular flexibility index (Phi) is 3.15. The van der Waals surface area contributed by atoms with Crippen LogP contribution in [-0.2, 0) is 5.41 Å². The Morgan fingerprint density at radius 1 is 1.44 bits per heavy atom. The third-order valence-corrected chi connectivity index (χ3v) is 2.67. The average molecular weight is 243 g/mol. The minimum absolute atomic E-state index is 0.0285. The maximum Gasteiger partial charge on any atom is 0.339 e. The molecule has 16 heavy (non-hydrogen) atoms. The van der Waals surface area contributed by atoms with Crippen molar-refractivity contribution in [2.24, 2.45) is 0 Å². The summed E-state index contributed by atoms with van der Waals surface area (Å²) in [6.45, 7) is 7.56. The maximum absolute atomic E-state index is 11.1. The van der Waals surface area contributed by atoms with Crippen LogP contribution in [-0.4, -0.2) is 16.1 Å². The Morgan fingerprint density at radius 2 is 1.94 bits per heavy atom. The molecule has 1 aromatic heterocycles. The van der Waals surface area contributed by atoms with E-state index < -0.39 is 5.97 Å². The molecule has 0 atom stereocenters. The lowest BCUT2D eigenvalue weighted by Crippen LogP contribution is -2.20. The van der Waals surface area contributed by atoms with Crippen molar-refractivity contribution in [3.63, 3.8) is 0 Å². The first-order valence-electron chi connectivity index (χ1n) is 4.85. The van der Waals surface area contributed by atoms with Crippen LogP contribution in [0.25, 0.3) is 0 Å². The van der Waals surface area contributed by atoms with Gasteiger partial charge in [0.15, 0.2) is 0 Å². The second-order valence-corrected chi connectivity index (χ2v) is 5.08. The zero-order valence-corrected chi connectivity index (χ0v) is 10.5. The number of hydrogen-bond acceptors (Lipinski definition) is 3. The summed E-state index contributed by atoms with van der Waals surface area (Å²) in [5, 5.41) is 9.00. The highest BCUT2D eigenvalue weighted by atomic mass is 35.5. The molecule has 0 amide bonds. The lowest BCUT2D eigenvalue weighted by Gasteiger charge is -2.24. The van der Waals surface area contributed by atoms with Gasteiger partial charge in [0.05, 0.1) is 0 Å². The van der Waals surface area contributed by atoms with Crippen molar-refractivity contribution in [1.82, 2.24) is 4.98 Å². The molecular weight excluding hydrogens is 228 g/mol. The minimum Gasteiger partial charge on any atom is -0.478 e. The van der Waals surface area contributed by atoms with Gasteiger partial charge in [-0.05, 0) is 17.9 Å².